The molecule has 2 rings (SSSR count). The van der Waals surface area contributed by atoms with Gasteiger partial charge in [0.25, 0.3) is 0 Å². The number of guanidine groups is 1. The first-order chi connectivity index (χ1) is 10.6. The van der Waals surface area contributed by atoms with Crippen LogP contribution >= 0.6 is 0 Å². The monoisotopic (exact) mass is 301 g/mol. The average molecular weight is 301 g/mol. The third-order valence-electron chi connectivity index (χ3n) is 3.16. The van der Waals surface area contributed by atoms with Crippen molar-refractivity contribution in [1.82, 2.24) is 4.90 Å². The van der Waals surface area contributed by atoms with Crippen molar-refractivity contribution in [3.63, 3.8) is 0 Å². The highest BCUT2D eigenvalue weighted by molar-refractivity contribution is 5.77. The molecule has 2 N–H and O–H groups in total. The number of nitrogens with zero attached hydrogens (tertiary/aromatic N) is 2. The second-order valence-corrected chi connectivity index (χ2v) is 5.09. The number of hydrogen-bond acceptors (Lipinski definition) is 2. The Bertz CT molecular complexity index is 639. The van der Waals surface area contributed by atoms with Crippen LogP contribution in [0, 0.1) is 5.82 Å². The predicted molar refractivity (Wildman–Crippen MR) is 86.2 cm³/mol. The van der Waals surface area contributed by atoms with Gasteiger partial charge in [0.1, 0.15) is 18.2 Å². The molecule has 0 bridgehead atoms. The molecule has 0 saturated carbocycles. The van der Waals surface area contributed by atoms with Crippen molar-refractivity contribution in [3.8, 4) is 5.75 Å². The lowest BCUT2D eigenvalue weighted by molar-refractivity contribution is 0.300. The van der Waals surface area contributed by atoms with Crippen molar-refractivity contribution in [2.45, 2.75) is 13.2 Å². The maximum Gasteiger partial charge on any atom is 0.191 e. The fourth-order valence-corrected chi connectivity index (χ4v) is 1.78. The van der Waals surface area contributed by atoms with Gasteiger partial charge < -0.3 is 15.4 Å². The van der Waals surface area contributed by atoms with Crippen LogP contribution in [-0.4, -0.2) is 25.0 Å². The molecule has 0 aromatic heterocycles. The summed E-state index contributed by atoms with van der Waals surface area (Å²) in [6.07, 6.45) is 0. The Morgan fingerprint density at radius 3 is 2.45 bits per heavy atom. The molecule has 0 aliphatic heterocycles. The number of ether oxygens (including phenoxy) is 1. The number of benzene rings is 2. The highest BCUT2D eigenvalue weighted by Crippen LogP contribution is 2.16. The summed E-state index contributed by atoms with van der Waals surface area (Å²) in [6.45, 7) is 0.718. The van der Waals surface area contributed by atoms with Crippen LogP contribution < -0.4 is 10.5 Å². The lowest BCUT2D eigenvalue weighted by atomic mass is 10.2. The first-order valence-corrected chi connectivity index (χ1v) is 6.98. The number of halogens is 1. The Labute approximate surface area is 130 Å². The van der Waals surface area contributed by atoms with E-state index in [9.17, 15) is 4.39 Å². The third-order valence-corrected chi connectivity index (χ3v) is 3.16. The van der Waals surface area contributed by atoms with E-state index in [1.54, 1.807) is 23.1 Å². The van der Waals surface area contributed by atoms with Gasteiger partial charge in [0, 0.05) is 19.7 Å². The molecule has 2 aromatic carbocycles. The molecule has 0 unspecified atom stereocenters. The highest BCUT2D eigenvalue weighted by Gasteiger charge is 2.02. The van der Waals surface area contributed by atoms with Crippen LogP contribution in [0.5, 0.6) is 5.75 Å². The van der Waals surface area contributed by atoms with Gasteiger partial charge in [-0.1, -0.05) is 30.3 Å². The molecule has 2 aromatic rings. The summed E-state index contributed by atoms with van der Waals surface area (Å²) < 4.78 is 19.1. The van der Waals surface area contributed by atoms with Gasteiger partial charge in [0.05, 0.1) is 6.54 Å². The molecule has 0 saturated heterocycles. The van der Waals surface area contributed by atoms with E-state index in [4.69, 9.17) is 10.5 Å². The minimum atomic E-state index is -0.257. The molecule has 22 heavy (non-hydrogen) atoms. The predicted octanol–water partition coefficient (Wildman–Crippen LogP) is 2.78. The van der Waals surface area contributed by atoms with E-state index in [1.165, 1.54) is 6.07 Å². The van der Waals surface area contributed by atoms with Crippen molar-refractivity contribution in [1.29, 1.82) is 0 Å². The van der Waals surface area contributed by atoms with Crippen LogP contribution in [0.4, 0.5) is 4.39 Å². The van der Waals surface area contributed by atoms with Gasteiger partial charge >= 0.3 is 0 Å². The molecular weight excluding hydrogens is 281 g/mol. The summed E-state index contributed by atoms with van der Waals surface area (Å²) >= 11 is 0. The first-order valence-electron chi connectivity index (χ1n) is 6.98. The lowest BCUT2D eigenvalue weighted by Crippen LogP contribution is -2.30. The topological polar surface area (TPSA) is 50.8 Å². The summed E-state index contributed by atoms with van der Waals surface area (Å²) in [5.74, 6) is 0.920. The number of aliphatic imine (C=N–C) groups is 1. The number of rotatable bonds is 5. The van der Waals surface area contributed by atoms with Crippen molar-refractivity contribution in [2.24, 2.45) is 10.7 Å². The van der Waals surface area contributed by atoms with E-state index in [0.29, 0.717) is 23.8 Å². The molecule has 0 amide bonds. The van der Waals surface area contributed by atoms with Crippen LogP contribution in [0.3, 0.4) is 0 Å². The molecule has 0 heterocycles. The standard InChI is InChI=1S/C17H20FN3O/c1-21(2)17(19)20-11-13-7-9-15(10-8-13)22-12-14-5-3-4-6-16(14)18/h3-10H,11-12H2,1-2H3,(H2,19,20). The largest absolute Gasteiger partial charge is 0.489 e. The maximum atomic E-state index is 13.5. The molecule has 0 spiro atoms. The Balaban J connectivity index is 1.92. The minimum absolute atomic E-state index is 0.206. The van der Waals surface area contributed by atoms with E-state index in [1.807, 2.05) is 38.4 Å². The van der Waals surface area contributed by atoms with E-state index in [2.05, 4.69) is 4.99 Å². The first kappa shape index (κ1) is 15.8. The summed E-state index contributed by atoms with van der Waals surface area (Å²) in [5.41, 5.74) is 7.30. The van der Waals surface area contributed by atoms with Gasteiger partial charge in [-0.25, -0.2) is 9.38 Å². The van der Waals surface area contributed by atoms with Crippen molar-refractivity contribution in [2.75, 3.05) is 14.1 Å². The molecule has 5 heteroatoms. The zero-order valence-corrected chi connectivity index (χ0v) is 12.8. The van der Waals surface area contributed by atoms with Crippen LogP contribution in [-0.2, 0) is 13.2 Å². The Hall–Kier alpha value is -2.56. The molecule has 0 atom stereocenters. The SMILES string of the molecule is CN(C)C(N)=NCc1ccc(OCc2ccccc2F)cc1. The van der Waals surface area contributed by atoms with Crippen LogP contribution in [0.25, 0.3) is 0 Å². The molecule has 0 aliphatic carbocycles. The zero-order valence-electron chi connectivity index (χ0n) is 12.8. The van der Waals surface area contributed by atoms with Crippen molar-refractivity contribution in [3.05, 3.63) is 65.5 Å². The fourth-order valence-electron chi connectivity index (χ4n) is 1.78. The summed E-state index contributed by atoms with van der Waals surface area (Å²) in [5, 5.41) is 0. The zero-order chi connectivity index (χ0) is 15.9. The van der Waals surface area contributed by atoms with Gasteiger partial charge in [-0.2, -0.15) is 0 Å². The quantitative estimate of drug-likeness (QED) is 0.682. The van der Waals surface area contributed by atoms with Crippen molar-refractivity contribution < 1.29 is 9.13 Å². The van der Waals surface area contributed by atoms with Crippen LogP contribution in [0.1, 0.15) is 11.1 Å². The normalized spacial score (nSPS) is 11.3. The van der Waals surface area contributed by atoms with Crippen LogP contribution in [0.2, 0.25) is 0 Å². The van der Waals surface area contributed by atoms with E-state index in [-0.39, 0.29) is 12.4 Å². The lowest BCUT2D eigenvalue weighted by Gasteiger charge is -2.10. The number of nitrogens with two attached hydrogens (primary N) is 1. The van der Waals surface area contributed by atoms with Gasteiger partial charge in [0.2, 0.25) is 0 Å². The minimum Gasteiger partial charge on any atom is -0.489 e. The van der Waals surface area contributed by atoms with E-state index in [0.717, 1.165) is 5.56 Å². The fraction of sp³-hybridized carbons (Fsp3) is 0.235. The second-order valence-electron chi connectivity index (χ2n) is 5.09. The van der Waals surface area contributed by atoms with Gasteiger partial charge in [-0.15, -0.1) is 0 Å². The molecule has 116 valence electrons. The Kier molecular flexibility index (Phi) is 5.36. The molecule has 0 radical (unpaired) electrons. The summed E-state index contributed by atoms with van der Waals surface area (Å²) in [6, 6.07) is 14.1. The van der Waals surface area contributed by atoms with Gasteiger partial charge in [-0.3, -0.25) is 0 Å². The number of hydrogen-bond donors (Lipinski definition) is 1. The van der Waals surface area contributed by atoms with Crippen LogP contribution in [0.15, 0.2) is 53.5 Å². The summed E-state index contributed by atoms with van der Waals surface area (Å²) in [7, 11) is 3.69. The van der Waals surface area contributed by atoms with Crippen molar-refractivity contribution >= 4 is 5.96 Å². The van der Waals surface area contributed by atoms with E-state index >= 15 is 0 Å². The Morgan fingerprint density at radius 1 is 1.14 bits per heavy atom. The molecule has 4 nitrogen and oxygen atoms in total. The molecule has 0 aliphatic rings. The van der Waals surface area contributed by atoms with Gasteiger partial charge in [0.15, 0.2) is 5.96 Å². The smallest absolute Gasteiger partial charge is 0.191 e. The maximum absolute atomic E-state index is 13.5. The van der Waals surface area contributed by atoms with E-state index < -0.39 is 0 Å². The highest BCUT2D eigenvalue weighted by atomic mass is 19.1. The summed E-state index contributed by atoms with van der Waals surface area (Å²) in [4.78, 5) is 6.01. The third kappa shape index (κ3) is 4.48. The molecular formula is C17H20FN3O. The average Bonchev–Trinajstić information content (AvgIpc) is 2.52. The molecule has 0 fully saturated rings. The second kappa shape index (κ2) is 7.45. The Morgan fingerprint density at radius 2 is 1.82 bits per heavy atom. The van der Waals surface area contributed by atoms with Gasteiger partial charge in [-0.05, 0) is 23.8 Å².